The van der Waals surface area contributed by atoms with Crippen LogP contribution in [0.25, 0.3) is 10.9 Å². The maximum Gasteiger partial charge on any atom is 0.224 e. The van der Waals surface area contributed by atoms with Crippen LogP contribution in [0.15, 0.2) is 42.5 Å². The molecule has 1 heterocycles. The third-order valence-corrected chi connectivity index (χ3v) is 4.75. The van der Waals surface area contributed by atoms with Crippen molar-refractivity contribution in [3.63, 3.8) is 0 Å². The highest BCUT2D eigenvalue weighted by Crippen LogP contribution is 2.32. The summed E-state index contributed by atoms with van der Waals surface area (Å²) >= 11 is 0. The molecular formula is C20H19FN2O2. The highest BCUT2D eigenvalue weighted by Gasteiger charge is 2.26. The van der Waals surface area contributed by atoms with Crippen LogP contribution in [-0.4, -0.2) is 24.0 Å². The zero-order chi connectivity index (χ0) is 17.4. The van der Waals surface area contributed by atoms with Crippen molar-refractivity contribution in [2.24, 2.45) is 0 Å². The lowest BCUT2D eigenvalue weighted by molar-refractivity contribution is -0.121. The fourth-order valence-electron chi connectivity index (χ4n) is 3.55. The molecule has 1 aliphatic rings. The van der Waals surface area contributed by atoms with Crippen molar-refractivity contribution in [3.8, 4) is 5.75 Å². The van der Waals surface area contributed by atoms with Gasteiger partial charge >= 0.3 is 0 Å². The second-order valence-corrected chi connectivity index (χ2v) is 6.47. The van der Waals surface area contributed by atoms with Crippen LogP contribution in [0.2, 0.25) is 0 Å². The third-order valence-electron chi connectivity index (χ3n) is 4.75. The highest BCUT2D eigenvalue weighted by atomic mass is 19.1. The van der Waals surface area contributed by atoms with Crippen molar-refractivity contribution < 1.29 is 13.9 Å². The van der Waals surface area contributed by atoms with E-state index in [1.165, 1.54) is 23.4 Å². The molecular weight excluding hydrogens is 319 g/mol. The molecule has 0 bridgehead atoms. The molecule has 0 saturated carbocycles. The number of hydrogen-bond acceptors (Lipinski definition) is 2. The Bertz CT molecular complexity index is 931. The Morgan fingerprint density at radius 1 is 1.24 bits per heavy atom. The van der Waals surface area contributed by atoms with E-state index in [2.05, 4.69) is 10.3 Å². The van der Waals surface area contributed by atoms with E-state index in [-0.39, 0.29) is 24.2 Å². The van der Waals surface area contributed by atoms with Crippen molar-refractivity contribution in [2.45, 2.75) is 25.3 Å². The summed E-state index contributed by atoms with van der Waals surface area (Å²) in [5.74, 6) is 0.502. The summed E-state index contributed by atoms with van der Waals surface area (Å²) in [7, 11) is 1.66. The molecule has 2 N–H and O–H groups in total. The molecule has 1 atom stereocenters. The van der Waals surface area contributed by atoms with Crippen molar-refractivity contribution in [1.82, 2.24) is 10.3 Å². The number of amides is 1. The minimum atomic E-state index is -0.291. The number of ether oxygens (including phenoxy) is 1. The van der Waals surface area contributed by atoms with Gasteiger partial charge in [-0.1, -0.05) is 12.1 Å². The predicted molar refractivity (Wildman–Crippen MR) is 94.3 cm³/mol. The minimum Gasteiger partial charge on any atom is -0.497 e. The summed E-state index contributed by atoms with van der Waals surface area (Å²) in [4.78, 5) is 15.7. The van der Waals surface area contributed by atoms with Gasteiger partial charge in [-0.05, 0) is 47.9 Å². The molecule has 2 aromatic carbocycles. The first-order chi connectivity index (χ1) is 12.1. The van der Waals surface area contributed by atoms with Crippen molar-refractivity contribution in [2.75, 3.05) is 7.11 Å². The number of rotatable bonds is 4. The Hall–Kier alpha value is -2.82. The number of H-pyrrole nitrogens is 1. The van der Waals surface area contributed by atoms with Gasteiger partial charge < -0.3 is 15.0 Å². The number of fused-ring (bicyclic) bond motifs is 3. The molecule has 4 rings (SSSR count). The third kappa shape index (κ3) is 3.09. The fraction of sp³-hybridized carbons (Fsp3) is 0.250. The Kier molecular flexibility index (Phi) is 3.92. The summed E-state index contributed by atoms with van der Waals surface area (Å²) < 4.78 is 18.2. The van der Waals surface area contributed by atoms with Crippen LogP contribution in [0, 0.1) is 5.82 Å². The number of nitrogens with one attached hydrogen (secondary N) is 2. The predicted octanol–water partition coefficient (Wildman–Crippen LogP) is 3.14. The van der Waals surface area contributed by atoms with Gasteiger partial charge in [-0.15, -0.1) is 0 Å². The number of aromatic nitrogens is 1. The molecule has 0 spiro atoms. The minimum absolute atomic E-state index is 0.0383. The molecule has 5 heteroatoms. The van der Waals surface area contributed by atoms with E-state index in [0.717, 1.165) is 35.1 Å². The molecule has 3 aromatic rings. The second kappa shape index (κ2) is 6.24. The molecule has 1 amide bonds. The van der Waals surface area contributed by atoms with Crippen molar-refractivity contribution in [1.29, 1.82) is 0 Å². The van der Waals surface area contributed by atoms with Gasteiger partial charge in [0.1, 0.15) is 11.6 Å². The summed E-state index contributed by atoms with van der Waals surface area (Å²) in [6.45, 7) is 0. The first-order valence-electron chi connectivity index (χ1n) is 8.33. The first kappa shape index (κ1) is 15.7. The van der Waals surface area contributed by atoms with E-state index in [9.17, 15) is 9.18 Å². The maximum atomic E-state index is 12.9. The van der Waals surface area contributed by atoms with E-state index < -0.39 is 0 Å². The molecule has 25 heavy (non-hydrogen) atoms. The average Bonchev–Trinajstić information content (AvgIpc) is 3.13. The number of benzene rings is 2. The largest absolute Gasteiger partial charge is 0.497 e. The van der Waals surface area contributed by atoms with E-state index in [0.29, 0.717) is 0 Å². The van der Waals surface area contributed by atoms with Crippen LogP contribution in [0.4, 0.5) is 4.39 Å². The van der Waals surface area contributed by atoms with Gasteiger partial charge in [0, 0.05) is 29.1 Å². The quantitative estimate of drug-likeness (QED) is 0.768. The zero-order valence-corrected chi connectivity index (χ0v) is 13.9. The van der Waals surface area contributed by atoms with Crippen LogP contribution in [0.5, 0.6) is 5.75 Å². The summed E-state index contributed by atoms with van der Waals surface area (Å²) in [6.07, 6.45) is 1.86. The van der Waals surface area contributed by atoms with E-state index in [1.807, 2.05) is 18.2 Å². The van der Waals surface area contributed by atoms with Gasteiger partial charge in [-0.3, -0.25) is 4.79 Å². The van der Waals surface area contributed by atoms with Gasteiger partial charge in [0.2, 0.25) is 5.91 Å². The standard InChI is InChI=1S/C20H19FN2O2/c1-25-15-6-7-18-17(11-15)16-9-14(10-19(16)23-18)22-20(24)8-12-2-4-13(21)5-3-12/h2-7,11,14,23H,8-10H2,1H3,(H,22,24). The van der Waals surface area contributed by atoms with Crippen LogP contribution < -0.4 is 10.1 Å². The van der Waals surface area contributed by atoms with Gasteiger partial charge in [-0.2, -0.15) is 0 Å². The van der Waals surface area contributed by atoms with Crippen molar-refractivity contribution >= 4 is 16.8 Å². The smallest absolute Gasteiger partial charge is 0.224 e. The molecule has 1 unspecified atom stereocenters. The lowest BCUT2D eigenvalue weighted by Crippen LogP contribution is -2.36. The van der Waals surface area contributed by atoms with Gasteiger partial charge in [0.05, 0.1) is 13.5 Å². The number of carbonyl (C=O) groups is 1. The van der Waals surface area contributed by atoms with Crippen LogP contribution in [0.1, 0.15) is 16.8 Å². The number of carbonyl (C=O) groups excluding carboxylic acids is 1. The number of methoxy groups -OCH3 is 1. The molecule has 128 valence electrons. The van der Waals surface area contributed by atoms with Gasteiger partial charge in [0.25, 0.3) is 0 Å². The number of halogens is 1. The Morgan fingerprint density at radius 2 is 2.04 bits per heavy atom. The van der Waals surface area contributed by atoms with Crippen LogP contribution in [0.3, 0.4) is 0 Å². The number of aromatic amines is 1. The zero-order valence-electron chi connectivity index (χ0n) is 13.9. The van der Waals surface area contributed by atoms with Gasteiger partial charge in [-0.25, -0.2) is 4.39 Å². The van der Waals surface area contributed by atoms with Crippen LogP contribution >= 0.6 is 0 Å². The molecule has 0 radical (unpaired) electrons. The monoisotopic (exact) mass is 338 g/mol. The van der Waals surface area contributed by atoms with E-state index in [1.54, 1.807) is 19.2 Å². The Balaban J connectivity index is 1.44. The van der Waals surface area contributed by atoms with E-state index >= 15 is 0 Å². The topological polar surface area (TPSA) is 54.1 Å². The molecule has 0 saturated heterocycles. The summed E-state index contributed by atoms with van der Waals surface area (Å²) in [5, 5.41) is 4.24. The lowest BCUT2D eigenvalue weighted by atomic mass is 10.1. The Labute approximate surface area is 145 Å². The lowest BCUT2D eigenvalue weighted by Gasteiger charge is -2.12. The van der Waals surface area contributed by atoms with Gasteiger partial charge in [0.15, 0.2) is 0 Å². The number of hydrogen-bond donors (Lipinski definition) is 2. The normalized spacial score (nSPS) is 16.0. The maximum absolute atomic E-state index is 12.9. The molecule has 1 aromatic heterocycles. The Morgan fingerprint density at radius 3 is 2.80 bits per heavy atom. The average molecular weight is 338 g/mol. The highest BCUT2D eigenvalue weighted by molar-refractivity contribution is 5.87. The molecule has 0 aliphatic heterocycles. The molecule has 0 fully saturated rings. The van der Waals surface area contributed by atoms with Crippen molar-refractivity contribution in [3.05, 3.63) is 65.1 Å². The van der Waals surface area contributed by atoms with E-state index in [4.69, 9.17) is 4.74 Å². The first-order valence-corrected chi connectivity index (χ1v) is 8.33. The molecule has 1 aliphatic carbocycles. The second-order valence-electron chi connectivity index (χ2n) is 6.47. The summed E-state index contributed by atoms with van der Waals surface area (Å²) in [6, 6.07) is 12.1. The molecule has 4 nitrogen and oxygen atoms in total. The SMILES string of the molecule is COc1ccc2[nH]c3c(c2c1)CC(NC(=O)Cc1ccc(F)cc1)C3. The summed E-state index contributed by atoms with van der Waals surface area (Å²) in [5.41, 5.74) is 4.34. The van der Waals surface area contributed by atoms with Crippen LogP contribution in [-0.2, 0) is 24.1 Å². The fourth-order valence-corrected chi connectivity index (χ4v) is 3.55.